The normalized spacial score (nSPS) is 10.4. The van der Waals surface area contributed by atoms with Crippen molar-refractivity contribution in [1.29, 1.82) is 0 Å². The molecule has 1 N–H and O–H groups in total. The van der Waals surface area contributed by atoms with Crippen LogP contribution in [0.4, 0.5) is 0 Å². The van der Waals surface area contributed by atoms with Crippen LogP contribution in [0.25, 0.3) is 5.69 Å². The summed E-state index contributed by atoms with van der Waals surface area (Å²) in [5, 5.41) is 14.7. The second kappa shape index (κ2) is 6.33. The van der Waals surface area contributed by atoms with Crippen LogP contribution in [-0.2, 0) is 11.2 Å². The molecule has 0 saturated carbocycles. The van der Waals surface area contributed by atoms with Gasteiger partial charge >= 0.3 is 0 Å². The van der Waals surface area contributed by atoms with Crippen molar-refractivity contribution in [2.45, 2.75) is 18.5 Å². The molecule has 2 rings (SSSR count). The Labute approximate surface area is 115 Å². The van der Waals surface area contributed by atoms with Gasteiger partial charge in [0.15, 0.2) is 0 Å². The summed E-state index contributed by atoms with van der Waals surface area (Å²) in [5.74, 6) is 0.241. The van der Waals surface area contributed by atoms with Gasteiger partial charge in [-0.1, -0.05) is 30.8 Å². The molecule has 19 heavy (non-hydrogen) atoms. The average molecular weight is 277 g/mol. The first kappa shape index (κ1) is 13.5. The van der Waals surface area contributed by atoms with E-state index in [1.54, 1.807) is 11.7 Å². The Bertz CT molecular complexity index is 552. The topological polar surface area (TPSA) is 72.7 Å². The van der Waals surface area contributed by atoms with Crippen LogP contribution in [0, 0.1) is 0 Å². The summed E-state index contributed by atoms with van der Waals surface area (Å²) in [4.78, 5) is 11.2. The molecular formula is C12H15N5OS. The van der Waals surface area contributed by atoms with E-state index in [-0.39, 0.29) is 5.91 Å². The second-order valence-corrected chi connectivity index (χ2v) is 4.80. The fourth-order valence-electron chi connectivity index (χ4n) is 1.51. The van der Waals surface area contributed by atoms with E-state index < -0.39 is 0 Å². The number of hydrogen-bond acceptors (Lipinski definition) is 5. The fraction of sp³-hybridized carbons (Fsp3) is 0.333. The van der Waals surface area contributed by atoms with E-state index >= 15 is 0 Å². The molecule has 100 valence electrons. The van der Waals surface area contributed by atoms with Crippen molar-refractivity contribution in [3.63, 3.8) is 0 Å². The number of aryl methyl sites for hydroxylation is 1. The molecule has 2 aromatic rings. The molecule has 0 saturated heterocycles. The number of thioether (sulfide) groups is 1. The number of carbonyl (C=O) groups excluding carboxylic acids is 1. The molecular weight excluding hydrogens is 262 g/mol. The smallest absolute Gasteiger partial charge is 0.230 e. The number of nitrogens with one attached hydrogen (secondary N) is 1. The minimum Gasteiger partial charge on any atom is -0.358 e. The van der Waals surface area contributed by atoms with Gasteiger partial charge in [0.2, 0.25) is 11.1 Å². The molecule has 1 heterocycles. The first-order valence-corrected chi connectivity index (χ1v) is 6.94. The molecule has 7 heteroatoms. The van der Waals surface area contributed by atoms with Crippen molar-refractivity contribution in [2.75, 3.05) is 12.8 Å². The number of benzene rings is 1. The van der Waals surface area contributed by atoms with E-state index in [9.17, 15) is 4.79 Å². The minimum atomic E-state index is -0.0547. The maximum atomic E-state index is 11.2. The van der Waals surface area contributed by atoms with Crippen molar-refractivity contribution in [3.05, 3.63) is 29.8 Å². The molecule has 1 aromatic carbocycles. The number of carbonyl (C=O) groups is 1. The van der Waals surface area contributed by atoms with Crippen molar-refractivity contribution in [2.24, 2.45) is 0 Å². The van der Waals surface area contributed by atoms with Crippen molar-refractivity contribution in [3.8, 4) is 5.69 Å². The molecule has 1 amide bonds. The van der Waals surface area contributed by atoms with Crippen LogP contribution in [-0.4, -0.2) is 38.9 Å². The van der Waals surface area contributed by atoms with Crippen LogP contribution in [0.3, 0.4) is 0 Å². The van der Waals surface area contributed by atoms with Crippen LogP contribution in [0.5, 0.6) is 0 Å². The Morgan fingerprint density at radius 2 is 2.11 bits per heavy atom. The molecule has 1 aromatic heterocycles. The Hall–Kier alpha value is -1.89. The van der Waals surface area contributed by atoms with E-state index in [1.165, 1.54) is 17.3 Å². The number of amides is 1. The van der Waals surface area contributed by atoms with Crippen LogP contribution in [0.15, 0.2) is 29.4 Å². The summed E-state index contributed by atoms with van der Waals surface area (Å²) < 4.78 is 1.63. The molecule has 6 nitrogen and oxygen atoms in total. The van der Waals surface area contributed by atoms with Crippen LogP contribution in [0.1, 0.15) is 12.5 Å². The van der Waals surface area contributed by atoms with Gasteiger partial charge in [0.25, 0.3) is 0 Å². The highest BCUT2D eigenvalue weighted by molar-refractivity contribution is 7.99. The van der Waals surface area contributed by atoms with Gasteiger partial charge in [0.05, 0.1) is 11.4 Å². The first-order chi connectivity index (χ1) is 9.24. The lowest BCUT2D eigenvalue weighted by molar-refractivity contribution is -0.118. The van der Waals surface area contributed by atoms with Gasteiger partial charge in [-0.2, -0.15) is 4.68 Å². The van der Waals surface area contributed by atoms with Crippen molar-refractivity contribution in [1.82, 2.24) is 25.5 Å². The maximum absolute atomic E-state index is 11.2. The molecule has 0 atom stereocenters. The fourth-order valence-corrected chi connectivity index (χ4v) is 2.27. The molecule has 0 aliphatic heterocycles. The van der Waals surface area contributed by atoms with Gasteiger partial charge in [-0.3, -0.25) is 4.79 Å². The quantitative estimate of drug-likeness (QED) is 0.827. The standard InChI is InChI=1S/C12H15N5OS/c1-3-9-4-6-10(7-5-9)17-12(14-15-16-17)19-8-11(18)13-2/h4-7H,3,8H2,1-2H3,(H,13,18). The lowest BCUT2D eigenvalue weighted by atomic mass is 10.1. The average Bonchev–Trinajstić information content (AvgIpc) is 2.93. The zero-order valence-electron chi connectivity index (χ0n) is 10.8. The zero-order valence-corrected chi connectivity index (χ0v) is 11.6. The highest BCUT2D eigenvalue weighted by atomic mass is 32.2. The molecule has 0 spiro atoms. The first-order valence-electron chi connectivity index (χ1n) is 5.95. The third-order valence-electron chi connectivity index (χ3n) is 2.64. The van der Waals surface area contributed by atoms with E-state index in [0.29, 0.717) is 10.9 Å². The van der Waals surface area contributed by atoms with Crippen LogP contribution < -0.4 is 5.32 Å². The summed E-state index contributed by atoms with van der Waals surface area (Å²) in [6.45, 7) is 2.11. The van der Waals surface area contributed by atoms with E-state index in [1.807, 2.05) is 24.3 Å². The Balaban J connectivity index is 2.15. The van der Waals surface area contributed by atoms with Gasteiger partial charge in [-0.05, 0) is 34.5 Å². The lowest BCUT2D eigenvalue weighted by Gasteiger charge is -2.04. The van der Waals surface area contributed by atoms with E-state index in [4.69, 9.17) is 0 Å². The molecule has 0 unspecified atom stereocenters. The third-order valence-corrected chi connectivity index (χ3v) is 3.56. The summed E-state index contributed by atoms with van der Waals surface area (Å²) in [6, 6.07) is 8.03. The maximum Gasteiger partial charge on any atom is 0.230 e. The second-order valence-electron chi connectivity index (χ2n) is 3.86. The number of rotatable bonds is 5. The van der Waals surface area contributed by atoms with Crippen molar-refractivity contribution >= 4 is 17.7 Å². The molecule has 0 aliphatic rings. The van der Waals surface area contributed by atoms with Gasteiger partial charge in [-0.25, -0.2) is 0 Å². The highest BCUT2D eigenvalue weighted by Gasteiger charge is 2.10. The predicted molar refractivity (Wildman–Crippen MR) is 73.3 cm³/mol. The van der Waals surface area contributed by atoms with E-state index in [2.05, 4.69) is 27.8 Å². The summed E-state index contributed by atoms with van der Waals surface area (Å²) in [6.07, 6.45) is 0.994. The van der Waals surface area contributed by atoms with Crippen LogP contribution in [0.2, 0.25) is 0 Å². The number of tetrazole rings is 1. The van der Waals surface area contributed by atoms with Gasteiger partial charge < -0.3 is 5.32 Å². The Morgan fingerprint density at radius 3 is 2.74 bits per heavy atom. The SMILES string of the molecule is CCc1ccc(-n2nnnc2SCC(=O)NC)cc1. The molecule has 0 radical (unpaired) electrons. The van der Waals surface area contributed by atoms with Gasteiger partial charge in [0, 0.05) is 7.05 Å². The monoisotopic (exact) mass is 277 g/mol. The number of hydrogen-bond donors (Lipinski definition) is 1. The van der Waals surface area contributed by atoms with E-state index in [0.717, 1.165) is 12.1 Å². The molecule has 0 aliphatic carbocycles. The summed E-state index contributed by atoms with van der Waals surface area (Å²) in [5.41, 5.74) is 2.15. The summed E-state index contributed by atoms with van der Waals surface area (Å²) in [7, 11) is 1.61. The van der Waals surface area contributed by atoms with Gasteiger partial charge in [0.1, 0.15) is 0 Å². The number of aromatic nitrogens is 4. The largest absolute Gasteiger partial charge is 0.358 e. The minimum absolute atomic E-state index is 0.0547. The predicted octanol–water partition coefficient (Wildman–Crippen LogP) is 1.06. The lowest BCUT2D eigenvalue weighted by Crippen LogP contribution is -2.20. The Kier molecular flexibility index (Phi) is 4.51. The molecule has 0 bridgehead atoms. The zero-order chi connectivity index (χ0) is 13.7. The Morgan fingerprint density at radius 1 is 1.37 bits per heavy atom. The highest BCUT2D eigenvalue weighted by Crippen LogP contribution is 2.18. The van der Waals surface area contributed by atoms with Gasteiger partial charge in [-0.15, -0.1) is 5.10 Å². The van der Waals surface area contributed by atoms with Crippen LogP contribution >= 0.6 is 11.8 Å². The van der Waals surface area contributed by atoms with Crippen molar-refractivity contribution < 1.29 is 4.79 Å². The summed E-state index contributed by atoms with van der Waals surface area (Å²) >= 11 is 1.31. The molecule has 0 fully saturated rings. The third kappa shape index (κ3) is 3.31. The number of nitrogens with zero attached hydrogens (tertiary/aromatic N) is 4.